The molecular formula is C142H110N2. The van der Waals surface area contributed by atoms with Crippen LogP contribution in [-0.2, 0) is 23.9 Å². The first-order chi connectivity index (χ1) is 70.5. The molecule has 2 heteroatoms. The molecule has 0 radical (unpaired) electrons. The zero-order valence-electron chi connectivity index (χ0n) is 82.7. The first kappa shape index (κ1) is 89.3. The topological polar surface area (TPSA) is 9.86 Å². The Morgan fingerprint density at radius 1 is 0.132 bits per heavy atom. The summed E-state index contributed by atoms with van der Waals surface area (Å²) >= 11 is 0. The van der Waals surface area contributed by atoms with E-state index in [1.165, 1.54) is 265 Å². The lowest BCUT2D eigenvalue weighted by Crippen LogP contribution is -2.10. The van der Waals surface area contributed by atoms with E-state index in [-0.39, 0.29) is 10.8 Å². The maximum atomic E-state index is 2.45. The van der Waals surface area contributed by atoms with Gasteiger partial charge in [-0.15, -0.1) is 0 Å². The molecule has 0 saturated heterocycles. The maximum absolute atomic E-state index is 2.45. The van der Waals surface area contributed by atoms with Crippen LogP contribution in [0.1, 0.15) is 66.5 Å². The highest BCUT2D eigenvalue weighted by Gasteiger charge is 2.26. The van der Waals surface area contributed by atoms with E-state index in [2.05, 4.69) is 562 Å². The molecular weight excluding hydrogens is 1730 g/mol. The molecule has 0 spiro atoms. The minimum atomic E-state index is 0.0808. The summed E-state index contributed by atoms with van der Waals surface area (Å²) in [6.07, 6.45) is 0. The van der Waals surface area contributed by atoms with Gasteiger partial charge in [-0.3, -0.25) is 0 Å². The van der Waals surface area contributed by atoms with Crippen LogP contribution in [0, 0.1) is 0 Å². The van der Waals surface area contributed by atoms with Crippen LogP contribution in [0.5, 0.6) is 0 Å². The first-order valence-corrected chi connectivity index (χ1v) is 50.8. The summed E-state index contributed by atoms with van der Waals surface area (Å²) in [6.45, 7) is 20.1. The lowest BCUT2D eigenvalue weighted by atomic mass is 9.83. The van der Waals surface area contributed by atoms with Crippen LogP contribution in [-0.4, -0.2) is 9.13 Å². The van der Waals surface area contributed by atoms with Crippen molar-refractivity contribution in [1.82, 2.24) is 9.13 Å². The number of fused-ring (bicyclic) bond motifs is 10. The van der Waals surface area contributed by atoms with Gasteiger partial charge in [0.15, 0.2) is 0 Å². The van der Waals surface area contributed by atoms with Gasteiger partial charge in [0, 0.05) is 56.7 Å². The van der Waals surface area contributed by atoms with Crippen molar-refractivity contribution >= 4 is 86.7 Å². The van der Waals surface area contributed by atoms with Crippen molar-refractivity contribution in [2.45, 2.75) is 79.3 Å². The van der Waals surface area contributed by atoms with Gasteiger partial charge in [0.25, 0.3) is 0 Å². The molecule has 2 heterocycles. The predicted octanol–water partition coefficient (Wildman–Crippen LogP) is 39.8. The Morgan fingerprint density at radius 3 is 0.472 bits per heavy atom. The standard InChI is InChI=1S/C74H57N.C68H53N/c1-5-75-70-43-39-62(45-66(70)67-48-63(74(2,3)4)40-44-71(67)75)57-27-25-54(26-28-57)56-31-35-59(36-32-56)73-65-42-38-60(50-17-11-7-12-18-50)46-68(65)72(64-41-37-61(47-69(64)73)51-19-13-8-14-20-51)58-33-29-55(30-34-58)53-23-21-52(22-24-53)49-15-9-6-10-16-49;1-5-69-64-39-35-56(41-60(64)61-44-57(68(2,3)4)36-40-65(61)69)51-23-21-49(22-24-51)50-27-31-53(32-28-50)67-59-38-34-54(46-17-11-7-12-18-46)42-62(59)66(52-29-25-48(26-30-52)45-15-9-6-10-16-45)58-37-33-55(43-63(58)67)47-19-13-8-14-20-47/h6-48H,5H2,1-4H3;6-44H,5H2,1-4H3. The molecule has 0 fully saturated rings. The van der Waals surface area contributed by atoms with Crippen molar-refractivity contribution in [2.75, 3.05) is 0 Å². The van der Waals surface area contributed by atoms with E-state index in [0.29, 0.717) is 0 Å². The van der Waals surface area contributed by atoms with Crippen molar-refractivity contribution in [3.05, 3.63) is 509 Å². The maximum Gasteiger partial charge on any atom is 0.0491 e. The van der Waals surface area contributed by atoms with Crippen LogP contribution in [0.2, 0.25) is 0 Å². The summed E-state index contributed by atoms with van der Waals surface area (Å²) in [5.74, 6) is 0. The highest BCUT2D eigenvalue weighted by Crippen LogP contribution is 2.51. The molecule has 688 valence electrons. The van der Waals surface area contributed by atoms with Gasteiger partial charge in [0.05, 0.1) is 0 Å². The third-order valence-electron chi connectivity index (χ3n) is 30.0. The van der Waals surface area contributed by atoms with E-state index >= 15 is 0 Å². The number of hydrogen-bond acceptors (Lipinski definition) is 0. The second-order valence-corrected chi connectivity index (χ2v) is 40.7. The van der Waals surface area contributed by atoms with Crippen molar-refractivity contribution in [2.24, 2.45) is 0 Å². The molecule has 0 saturated carbocycles. The number of hydrogen-bond donors (Lipinski definition) is 0. The third kappa shape index (κ3) is 16.8. The van der Waals surface area contributed by atoms with Gasteiger partial charge in [-0.05, 0) is 319 Å². The Kier molecular flexibility index (Phi) is 23.2. The number of benzene rings is 23. The number of aryl methyl sites for hydroxylation is 2. The Labute approximate surface area is 844 Å². The number of aromatic nitrogens is 2. The summed E-state index contributed by atoms with van der Waals surface area (Å²) in [7, 11) is 0. The Morgan fingerprint density at radius 2 is 0.278 bits per heavy atom. The summed E-state index contributed by atoms with van der Waals surface area (Å²) in [4.78, 5) is 0. The molecule has 25 aromatic rings. The summed E-state index contributed by atoms with van der Waals surface area (Å²) in [6, 6.07) is 185. The van der Waals surface area contributed by atoms with Crippen molar-refractivity contribution < 1.29 is 0 Å². The fraction of sp³-hybridized carbons (Fsp3) is 0.0845. The molecule has 25 rings (SSSR count). The minimum Gasteiger partial charge on any atom is -0.341 e. The van der Waals surface area contributed by atoms with Crippen LogP contribution in [0.4, 0.5) is 0 Å². The van der Waals surface area contributed by atoms with Crippen LogP contribution >= 0.6 is 0 Å². The zero-order valence-corrected chi connectivity index (χ0v) is 82.7. The van der Waals surface area contributed by atoms with E-state index in [0.717, 1.165) is 13.1 Å². The molecule has 2 nitrogen and oxygen atoms in total. The fourth-order valence-corrected chi connectivity index (χ4v) is 22.3. The molecule has 0 bridgehead atoms. The van der Waals surface area contributed by atoms with Crippen molar-refractivity contribution in [3.8, 4) is 167 Å². The van der Waals surface area contributed by atoms with Gasteiger partial charge in [0.2, 0.25) is 0 Å². The van der Waals surface area contributed by atoms with Crippen LogP contribution < -0.4 is 0 Å². The molecule has 0 aliphatic carbocycles. The summed E-state index contributed by atoms with van der Waals surface area (Å²) < 4.78 is 4.89. The average Bonchev–Trinajstić information content (AvgIpc) is 1.09. The average molecular weight is 1840 g/mol. The molecule has 0 aliphatic heterocycles. The van der Waals surface area contributed by atoms with E-state index in [9.17, 15) is 0 Å². The van der Waals surface area contributed by atoms with Gasteiger partial charge in [0.1, 0.15) is 0 Å². The molecule has 0 N–H and O–H groups in total. The van der Waals surface area contributed by atoms with Gasteiger partial charge in [-0.25, -0.2) is 0 Å². The third-order valence-corrected chi connectivity index (χ3v) is 30.0. The minimum absolute atomic E-state index is 0.0808. The Balaban J connectivity index is 0.000000155. The summed E-state index contributed by atoms with van der Waals surface area (Å²) in [5.41, 5.74) is 44.5. The molecule has 144 heavy (non-hydrogen) atoms. The highest BCUT2D eigenvalue weighted by molar-refractivity contribution is 6.25. The van der Waals surface area contributed by atoms with Crippen molar-refractivity contribution in [1.29, 1.82) is 0 Å². The first-order valence-electron chi connectivity index (χ1n) is 50.8. The predicted molar refractivity (Wildman–Crippen MR) is 619 cm³/mol. The summed E-state index contributed by atoms with van der Waals surface area (Å²) in [5, 5.41) is 15.2. The van der Waals surface area contributed by atoms with E-state index in [1.54, 1.807) is 0 Å². The van der Waals surface area contributed by atoms with Crippen LogP contribution in [0.15, 0.2) is 497 Å². The largest absolute Gasteiger partial charge is 0.341 e. The van der Waals surface area contributed by atoms with Crippen LogP contribution in [0.25, 0.3) is 254 Å². The quantitative estimate of drug-likeness (QED) is 0.0804. The second kappa shape index (κ2) is 37.4. The fourth-order valence-electron chi connectivity index (χ4n) is 22.3. The zero-order chi connectivity index (χ0) is 97.3. The van der Waals surface area contributed by atoms with E-state index < -0.39 is 0 Å². The molecule has 23 aromatic carbocycles. The highest BCUT2D eigenvalue weighted by atomic mass is 15.0. The lowest BCUT2D eigenvalue weighted by Gasteiger charge is -2.20. The Bertz CT molecular complexity index is 9120. The molecule has 0 unspecified atom stereocenters. The van der Waals surface area contributed by atoms with Gasteiger partial charge in [-0.1, -0.05) is 466 Å². The smallest absolute Gasteiger partial charge is 0.0491 e. The van der Waals surface area contributed by atoms with E-state index in [4.69, 9.17) is 0 Å². The Hall–Kier alpha value is -17.3. The molecule has 0 atom stereocenters. The van der Waals surface area contributed by atoms with Gasteiger partial charge >= 0.3 is 0 Å². The van der Waals surface area contributed by atoms with Crippen molar-refractivity contribution in [3.63, 3.8) is 0 Å². The number of rotatable bonds is 17. The lowest BCUT2D eigenvalue weighted by molar-refractivity contribution is 0.591. The SMILES string of the molecule is CCn1c2ccc(-c3ccc(-c4ccc(-c5c6ccc(-c7ccccc7)cc6c(-c6ccc(-c7ccc(-c8ccccc8)cc7)cc6)c6ccc(-c7ccccc7)cc56)cc4)cc3)cc2c2cc(C(C)(C)C)ccc21.CCn1c2ccc(-c3ccc(-c4ccc(-c5c6ccc(-c7ccccc7)cc6c(-c6ccc(-c7ccccc7)cc6)c6ccc(-c7ccccc7)cc56)cc4)cc3)cc2c2cc(C(C)(C)C)ccc21. The molecule has 0 amide bonds. The second-order valence-electron chi connectivity index (χ2n) is 40.7. The monoisotopic (exact) mass is 1840 g/mol. The van der Waals surface area contributed by atoms with Gasteiger partial charge in [-0.2, -0.15) is 0 Å². The normalized spacial score (nSPS) is 11.8. The number of nitrogens with zero attached hydrogens (tertiary/aromatic N) is 2. The molecule has 0 aliphatic rings. The van der Waals surface area contributed by atoms with Gasteiger partial charge < -0.3 is 9.13 Å². The van der Waals surface area contributed by atoms with Crippen LogP contribution in [0.3, 0.4) is 0 Å². The molecule has 2 aromatic heterocycles. The van der Waals surface area contributed by atoms with E-state index in [1.807, 2.05) is 0 Å².